The number of hydrogen-bond acceptors (Lipinski definition) is 4. The summed E-state index contributed by atoms with van der Waals surface area (Å²) < 4.78 is 5.54. The van der Waals surface area contributed by atoms with Crippen LogP contribution in [-0.2, 0) is 14.3 Å². The van der Waals surface area contributed by atoms with E-state index in [4.69, 9.17) is 9.84 Å². The zero-order valence-electron chi connectivity index (χ0n) is 19.9. The zero-order valence-corrected chi connectivity index (χ0v) is 19.9. The number of aliphatic carboxylic acids is 1. The van der Waals surface area contributed by atoms with Crippen molar-refractivity contribution in [1.82, 2.24) is 10.6 Å². The van der Waals surface area contributed by atoms with E-state index in [1.54, 1.807) is 0 Å². The molecule has 3 rings (SSSR count). The predicted octanol–water partition coefficient (Wildman–Crippen LogP) is 4.56. The molecule has 2 aromatic rings. The molecule has 3 N–H and O–H groups in total. The van der Waals surface area contributed by atoms with Crippen LogP contribution in [0.2, 0.25) is 0 Å². The van der Waals surface area contributed by atoms with Gasteiger partial charge in [-0.05, 0) is 41.0 Å². The van der Waals surface area contributed by atoms with Crippen LogP contribution in [0, 0.1) is 11.8 Å². The number of carbonyl (C=O) groups is 3. The van der Waals surface area contributed by atoms with Gasteiger partial charge in [0.15, 0.2) is 0 Å². The Bertz CT molecular complexity index is 961. The van der Waals surface area contributed by atoms with Crippen molar-refractivity contribution in [3.63, 3.8) is 0 Å². The van der Waals surface area contributed by atoms with Crippen LogP contribution in [0.15, 0.2) is 48.5 Å². The first-order valence-electron chi connectivity index (χ1n) is 12.0. The molecule has 7 nitrogen and oxygen atoms in total. The SMILES string of the molecule is CCCC(CNC(=O)CCC(C)CNC(=O)OCC1c2ccccc2-c2ccccc21)C(=O)O. The Kier molecular flexibility index (Phi) is 9.08. The molecule has 0 radical (unpaired) electrons. The van der Waals surface area contributed by atoms with E-state index in [1.807, 2.05) is 38.1 Å². The van der Waals surface area contributed by atoms with Crippen LogP contribution in [0.5, 0.6) is 0 Å². The number of ether oxygens (including phenoxy) is 1. The van der Waals surface area contributed by atoms with Crippen molar-refractivity contribution < 1.29 is 24.2 Å². The lowest BCUT2D eigenvalue weighted by atomic mass is 9.98. The van der Waals surface area contributed by atoms with Gasteiger partial charge >= 0.3 is 12.1 Å². The summed E-state index contributed by atoms with van der Waals surface area (Å²) in [4.78, 5) is 35.5. The number of benzene rings is 2. The van der Waals surface area contributed by atoms with E-state index in [9.17, 15) is 14.4 Å². The second-order valence-electron chi connectivity index (χ2n) is 8.98. The van der Waals surface area contributed by atoms with Gasteiger partial charge in [0.05, 0.1) is 5.92 Å². The first kappa shape index (κ1) is 25.3. The molecule has 0 bridgehead atoms. The van der Waals surface area contributed by atoms with Crippen LogP contribution >= 0.6 is 0 Å². The molecule has 0 spiro atoms. The highest BCUT2D eigenvalue weighted by molar-refractivity contribution is 5.79. The molecule has 7 heteroatoms. The number of alkyl carbamates (subject to hydrolysis) is 1. The molecule has 0 saturated heterocycles. The number of hydrogen-bond donors (Lipinski definition) is 3. The fourth-order valence-corrected chi connectivity index (χ4v) is 4.37. The third-order valence-electron chi connectivity index (χ3n) is 6.33. The Morgan fingerprint density at radius 3 is 2.15 bits per heavy atom. The van der Waals surface area contributed by atoms with Gasteiger partial charge in [0.25, 0.3) is 0 Å². The van der Waals surface area contributed by atoms with Crippen molar-refractivity contribution in [2.45, 2.75) is 45.4 Å². The minimum atomic E-state index is -0.886. The number of nitrogens with one attached hydrogen (secondary N) is 2. The molecule has 0 aromatic heterocycles. The lowest BCUT2D eigenvalue weighted by Gasteiger charge is -2.16. The summed E-state index contributed by atoms with van der Waals surface area (Å²) in [7, 11) is 0. The molecular weight excluding hydrogens is 432 g/mol. The van der Waals surface area contributed by atoms with Gasteiger partial charge in [-0.3, -0.25) is 9.59 Å². The summed E-state index contributed by atoms with van der Waals surface area (Å²) in [5.74, 6) is -1.52. The molecule has 0 heterocycles. The van der Waals surface area contributed by atoms with Gasteiger partial charge in [0.1, 0.15) is 6.61 Å². The molecule has 1 aliphatic rings. The summed E-state index contributed by atoms with van der Waals surface area (Å²) >= 11 is 0. The quantitative estimate of drug-likeness (QED) is 0.425. The topological polar surface area (TPSA) is 105 Å². The maximum Gasteiger partial charge on any atom is 0.407 e. The van der Waals surface area contributed by atoms with Crippen LogP contribution in [-0.4, -0.2) is 42.8 Å². The number of carboxylic acid groups (broad SMARTS) is 1. The Hall–Kier alpha value is -3.35. The normalized spacial score (nSPS) is 13.9. The maximum absolute atomic E-state index is 12.3. The molecule has 1 aliphatic carbocycles. The molecule has 34 heavy (non-hydrogen) atoms. The molecule has 182 valence electrons. The van der Waals surface area contributed by atoms with Crippen LogP contribution < -0.4 is 10.6 Å². The van der Waals surface area contributed by atoms with Crippen LogP contribution in [0.4, 0.5) is 4.79 Å². The molecular formula is C27H34N2O5. The van der Waals surface area contributed by atoms with Crippen molar-refractivity contribution in [2.24, 2.45) is 11.8 Å². The molecule has 0 fully saturated rings. The van der Waals surface area contributed by atoms with Gasteiger partial charge in [0, 0.05) is 25.4 Å². The molecule has 0 saturated carbocycles. The summed E-state index contributed by atoms with van der Waals surface area (Å²) in [5, 5.41) is 14.7. The molecule has 0 aliphatic heterocycles. The van der Waals surface area contributed by atoms with Crippen LogP contribution in [0.25, 0.3) is 11.1 Å². The minimum Gasteiger partial charge on any atom is -0.481 e. The highest BCUT2D eigenvalue weighted by atomic mass is 16.5. The third kappa shape index (κ3) is 6.59. The van der Waals surface area contributed by atoms with Gasteiger partial charge in [-0.2, -0.15) is 0 Å². The summed E-state index contributed by atoms with van der Waals surface area (Å²) in [6.45, 7) is 4.68. The average Bonchev–Trinajstić information content (AvgIpc) is 3.16. The lowest BCUT2D eigenvalue weighted by Crippen LogP contribution is -2.34. The molecule has 2 unspecified atom stereocenters. The van der Waals surface area contributed by atoms with Crippen LogP contribution in [0.1, 0.15) is 56.6 Å². The Balaban J connectivity index is 1.38. The highest BCUT2D eigenvalue weighted by Gasteiger charge is 2.29. The van der Waals surface area contributed by atoms with E-state index >= 15 is 0 Å². The number of carbonyl (C=O) groups excluding carboxylic acids is 2. The van der Waals surface area contributed by atoms with E-state index in [1.165, 1.54) is 22.3 Å². The first-order chi connectivity index (χ1) is 16.4. The van der Waals surface area contributed by atoms with Crippen molar-refractivity contribution in [1.29, 1.82) is 0 Å². The van der Waals surface area contributed by atoms with Crippen molar-refractivity contribution in [2.75, 3.05) is 19.7 Å². The van der Waals surface area contributed by atoms with Gasteiger partial charge in [-0.15, -0.1) is 0 Å². The molecule has 2 amide bonds. The Morgan fingerprint density at radius 1 is 0.941 bits per heavy atom. The number of carboxylic acids is 1. The fraction of sp³-hybridized carbons (Fsp3) is 0.444. The van der Waals surface area contributed by atoms with E-state index < -0.39 is 18.0 Å². The molecule has 2 atom stereocenters. The smallest absolute Gasteiger partial charge is 0.407 e. The summed E-state index contributed by atoms with van der Waals surface area (Å²) in [5.41, 5.74) is 4.70. The fourth-order valence-electron chi connectivity index (χ4n) is 4.37. The highest BCUT2D eigenvalue weighted by Crippen LogP contribution is 2.44. The average molecular weight is 467 g/mol. The van der Waals surface area contributed by atoms with E-state index in [2.05, 4.69) is 34.9 Å². The number of rotatable bonds is 12. The zero-order chi connectivity index (χ0) is 24.5. The minimum absolute atomic E-state index is 0.0154. The number of fused-ring (bicyclic) bond motifs is 3. The second kappa shape index (κ2) is 12.2. The number of amides is 2. The van der Waals surface area contributed by atoms with Crippen molar-refractivity contribution >= 4 is 18.0 Å². The Morgan fingerprint density at radius 2 is 1.56 bits per heavy atom. The summed E-state index contributed by atoms with van der Waals surface area (Å²) in [6, 6.07) is 16.4. The lowest BCUT2D eigenvalue weighted by molar-refractivity contribution is -0.141. The van der Waals surface area contributed by atoms with Gasteiger partial charge in [-0.25, -0.2) is 4.79 Å². The van der Waals surface area contributed by atoms with Crippen LogP contribution in [0.3, 0.4) is 0 Å². The standard InChI is InChI=1S/C27H34N2O5/c1-3-8-19(26(31)32)16-28-25(30)14-13-18(2)15-29-27(33)34-17-24-22-11-6-4-9-20(22)21-10-5-7-12-23(21)24/h4-7,9-12,18-19,24H,3,8,13-17H2,1-2H3,(H,28,30)(H,29,33)(H,31,32). The first-order valence-corrected chi connectivity index (χ1v) is 12.0. The van der Waals surface area contributed by atoms with E-state index in [0.717, 1.165) is 6.42 Å². The van der Waals surface area contributed by atoms with Gasteiger partial charge in [-0.1, -0.05) is 68.8 Å². The second-order valence-corrected chi connectivity index (χ2v) is 8.98. The Labute approximate surface area is 200 Å². The van der Waals surface area contributed by atoms with Gasteiger partial charge < -0.3 is 20.5 Å². The van der Waals surface area contributed by atoms with Gasteiger partial charge in [0.2, 0.25) is 5.91 Å². The molecule has 2 aromatic carbocycles. The third-order valence-corrected chi connectivity index (χ3v) is 6.33. The maximum atomic E-state index is 12.3. The summed E-state index contributed by atoms with van der Waals surface area (Å²) in [6.07, 6.45) is 1.69. The van der Waals surface area contributed by atoms with E-state index in [0.29, 0.717) is 19.4 Å². The van der Waals surface area contributed by atoms with Crippen molar-refractivity contribution in [3.05, 3.63) is 59.7 Å². The largest absolute Gasteiger partial charge is 0.481 e. The van der Waals surface area contributed by atoms with Crippen molar-refractivity contribution in [3.8, 4) is 11.1 Å². The predicted molar refractivity (Wildman–Crippen MR) is 131 cm³/mol. The monoisotopic (exact) mass is 466 g/mol. The van der Waals surface area contributed by atoms with E-state index in [-0.39, 0.29) is 37.3 Å².